The van der Waals surface area contributed by atoms with Crippen molar-refractivity contribution in [2.75, 3.05) is 24.7 Å². The zero-order valence-corrected chi connectivity index (χ0v) is 35.7. The van der Waals surface area contributed by atoms with Crippen molar-refractivity contribution < 1.29 is 103 Å². The van der Waals surface area contributed by atoms with Gasteiger partial charge in [0.2, 0.25) is 0 Å². The standard InChI is InChI=1S/C20H29N10O22P5.5H3N/c21-15-9-17(25-3-23-15)29(5-27-9)19-13(33)11(31)7(47-19)1-45-53(35,36)49-55(39,40)51-57(43,44)52-56(41,42)50-54(37,38)46-2-8-12(32)14(34)20(48-8)30-6-28-10-16(22)24-4-26-18(10)30;;;;;/h3-8,11-14,19-20,31-34H,1-2H2,(H,35,36)(H,37,38)(H,39,40)(H,41,42)(H,43,44)(H2,21,23,25)(H2,22,24,26);5*1H3/t7-,8-,11-,12-,13-,14-,19-,20-;;;;;/m1...../s1. The molecule has 6 rings (SSSR count). The molecule has 12 atom stereocenters. The van der Waals surface area contributed by atoms with Gasteiger partial charge in [-0.15, -0.1) is 0 Å². The third-order valence-corrected chi connectivity index (χ3v) is 15.2. The lowest BCUT2D eigenvalue weighted by molar-refractivity contribution is -0.0503. The Morgan fingerprint density at radius 2 is 0.823 bits per heavy atom. The van der Waals surface area contributed by atoms with Gasteiger partial charge >= 0.3 is 39.1 Å². The maximum Gasteiger partial charge on any atom is 0.490 e. The number of hydrogen-bond donors (Lipinski definition) is 16. The molecule has 0 amide bonds. The van der Waals surface area contributed by atoms with E-state index in [-0.39, 0.29) is 64.7 Å². The van der Waals surface area contributed by atoms with E-state index in [2.05, 4.69) is 56.2 Å². The van der Waals surface area contributed by atoms with Gasteiger partial charge in [0.25, 0.3) is 0 Å². The van der Waals surface area contributed by atoms with Crippen LogP contribution in [-0.4, -0.2) is 134 Å². The van der Waals surface area contributed by atoms with Crippen molar-refractivity contribution in [2.45, 2.75) is 49.1 Å². The summed E-state index contributed by atoms with van der Waals surface area (Å²) in [5, 5.41) is 41.8. The molecule has 28 N–H and O–H groups in total. The van der Waals surface area contributed by atoms with Gasteiger partial charge in [0.05, 0.1) is 25.9 Å². The Bertz CT molecular complexity index is 2240. The predicted octanol–water partition coefficient (Wildman–Crippen LogP) is -1.52. The van der Waals surface area contributed by atoms with Gasteiger partial charge in [-0.2, -0.15) is 17.2 Å². The van der Waals surface area contributed by atoms with E-state index >= 15 is 0 Å². The smallest absolute Gasteiger partial charge is 0.387 e. The summed E-state index contributed by atoms with van der Waals surface area (Å²) in [6.45, 7) is -2.34. The number of rotatable bonds is 16. The van der Waals surface area contributed by atoms with E-state index in [1.54, 1.807) is 0 Å². The number of phosphoric acid groups is 5. The molecule has 62 heavy (non-hydrogen) atoms. The van der Waals surface area contributed by atoms with Gasteiger partial charge < -0.3 is 96.6 Å². The SMILES string of the molecule is N.N.N.N.N.Nc1ncnc2c1ncn2[C@@H]1O[C@H](COP(=O)(O)OP(=O)(O)OP(=O)(O)OP(=O)(O)OP(=O)(O)OC[C@H]2O[C@@H](n3cnc4c(N)ncnc43)[C@H](O)[C@@H]2O)[C@@H](O)[C@H]1O. The minimum absolute atomic E-state index is 0. The lowest BCUT2D eigenvalue weighted by Gasteiger charge is -2.21. The molecule has 2 aliphatic rings. The van der Waals surface area contributed by atoms with Crippen LogP contribution in [0.15, 0.2) is 25.3 Å². The van der Waals surface area contributed by atoms with Crippen LogP contribution in [0, 0.1) is 0 Å². The summed E-state index contributed by atoms with van der Waals surface area (Å²) in [6, 6.07) is 0. The number of anilines is 2. The molecule has 0 saturated carbocycles. The van der Waals surface area contributed by atoms with Gasteiger partial charge in [-0.25, -0.2) is 52.7 Å². The van der Waals surface area contributed by atoms with E-state index in [4.69, 9.17) is 20.9 Å². The molecule has 37 nitrogen and oxygen atoms in total. The summed E-state index contributed by atoms with van der Waals surface area (Å²) in [4.78, 5) is 72.6. The van der Waals surface area contributed by atoms with Crippen molar-refractivity contribution in [3.05, 3.63) is 25.3 Å². The Kier molecular flexibility index (Phi) is 19.2. The lowest BCUT2D eigenvalue weighted by Crippen LogP contribution is -2.33. The Morgan fingerprint density at radius 1 is 0.516 bits per heavy atom. The lowest BCUT2D eigenvalue weighted by atomic mass is 10.1. The third-order valence-electron chi connectivity index (χ3n) is 7.63. The zero-order valence-electron chi connectivity index (χ0n) is 31.2. The highest BCUT2D eigenvalue weighted by Gasteiger charge is 2.51. The Labute approximate surface area is 345 Å². The number of phosphoric ester groups is 2. The number of hydrogen-bond acceptors (Lipinski definition) is 30. The second kappa shape index (κ2) is 20.9. The molecule has 2 saturated heterocycles. The van der Waals surface area contributed by atoms with Crippen LogP contribution in [0.3, 0.4) is 0 Å². The molecule has 0 radical (unpaired) electrons. The molecule has 2 aliphatic heterocycles. The van der Waals surface area contributed by atoms with Crippen LogP contribution in [0.4, 0.5) is 11.6 Å². The van der Waals surface area contributed by atoms with Crippen molar-refractivity contribution in [3.63, 3.8) is 0 Å². The number of aliphatic hydroxyl groups is 4. The molecular formula is C20H44N15O22P5. The second-order valence-corrected chi connectivity index (χ2v) is 19.3. The van der Waals surface area contributed by atoms with E-state index in [1.807, 2.05) is 0 Å². The number of ether oxygens (including phenoxy) is 2. The van der Waals surface area contributed by atoms with Crippen LogP contribution in [0.1, 0.15) is 12.5 Å². The zero-order chi connectivity index (χ0) is 41.9. The first-order valence-corrected chi connectivity index (χ1v) is 22.5. The van der Waals surface area contributed by atoms with Crippen molar-refractivity contribution in [2.24, 2.45) is 0 Å². The van der Waals surface area contributed by atoms with Gasteiger partial charge in [0.1, 0.15) is 60.3 Å². The molecule has 2 fully saturated rings. The highest BCUT2D eigenvalue weighted by Crippen LogP contribution is 2.73. The van der Waals surface area contributed by atoms with Crippen LogP contribution in [0.5, 0.6) is 0 Å². The van der Waals surface area contributed by atoms with E-state index < -0.39 is 101 Å². The average Bonchev–Trinajstić information content (AvgIpc) is 3.83. The molecular weight excluding hydrogens is 957 g/mol. The second-order valence-electron chi connectivity index (χ2n) is 11.5. The average molecular weight is 1000 g/mol. The van der Waals surface area contributed by atoms with Gasteiger partial charge in [-0.3, -0.25) is 18.2 Å². The normalized spacial score (nSPS) is 28.3. The third kappa shape index (κ3) is 12.6. The summed E-state index contributed by atoms with van der Waals surface area (Å²) < 4.78 is 98.9. The van der Waals surface area contributed by atoms with Gasteiger partial charge in [-0.1, -0.05) is 0 Å². The van der Waals surface area contributed by atoms with Gasteiger partial charge in [0, 0.05) is 0 Å². The summed E-state index contributed by atoms with van der Waals surface area (Å²) in [6.07, 6.45) is -9.04. The summed E-state index contributed by atoms with van der Waals surface area (Å²) in [7, 11) is -30.8. The van der Waals surface area contributed by atoms with E-state index in [9.17, 15) is 67.7 Å². The van der Waals surface area contributed by atoms with Crippen LogP contribution in [0.25, 0.3) is 22.3 Å². The van der Waals surface area contributed by atoms with Crippen LogP contribution in [-0.2, 0) is 58.6 Å². The number of imidazole rings is 2. The number of fused-ring (bicyclic) bond motifs is 2. The summed E-state index contributed by atoms with van der Waals surface area (Å²) >= 11 is 0. The van der Waals surface area contributed by atoms with E-state index in [0.717, 1.165) is 34.4 Å². The fourth-order valence-corrected chi connectivity index (χ4v) is 11.6. The first kappa shape index (κ1) is 57.0. The van der Waals surface area contributed by atoms with Crippen molar-refractivity contribution >= 4 is 73.1 Å². The molecule has 4 aromatic heterocycles. The largest absolute Gasteiger partial charge is 0.490 e. The van der Waals surface area contributed by atoms with E-state index in [1.165, 1.54) is 0 Å². The number of nitrogen functional groups attached to an aromatic ring is 2. The predicted molar refractivity (Wildman–Crippen MR) is 202 cm³/mol. The van der Waals surface area contributed by atoms with Gasteiger partial charge in [0.15, 0.2) is 35.4 Å². The minimum atomic E-state index is -6.45. The Morgan fingerprint density at radius 3 is 1.15 bits per heavy atom. The number of nitrogens with two attached hydrogens (primary N) is 2. The van der Waals surface area contributed by atoms with Crippen molar-refractivity contribution in [1.29, 1.82) is 0 Å². The monoisotopic (exact) mass is 1000 g/mol. The van der Waals surface area contributed by atoms with E-state index in [0.29, 0.717) is 0 Å². The van der Waals surface area contributed by atoms with Crippen molar-refractivity contribution in [1.82, 2.24) is 69.8 Å². The highest BCUT2D eigenvalue weighted by atomic mass is 31.3. The number of aliphatic hydroxyl groups excluding tert-OH is 4. The van der Waals surface area contributed by atoms with Crippen molar-refractivity contribution in [3.8, 4) is 0 Å². The molecule has 0 bridgehead atoms. The van der Waals surface area contributed by atoms with Gasteiger partial charge in [-0.05, 0) is 0 Å². The molecule has 42 heteroatoms. The molecule has 6 heterocycles. The molecule has 4 aromatic rings. The van der Waals surface area contributed by atoms with Crippen LogP contribution < -0.4 is 42.2 Å². The Balaban J connectivity index is 0.00000384. The maximum absolute atomic E-state index is 12.4. The molecule has 356 valence electrons. The molecule has 0 aromatic carbocycles. The maximum atomic E-state index is 12.4. The summed E-state index contributed by atoms with van der Waals surface area (Å²) in [5.74, 6) is -0.0770. The van der Waals surface area contributed by atoms with Crippen LogP contribution in [0.2, 0.25) is 0 Å². The minimum Gasteiger partial charge on any atom is -0.387 e. The number of aromatic nitrogens is 8. The fraction of sp³-hybridized carbons (Fsp3) is 0.500. The molecule has 4 unspecified atom stereocenters. The topological polar surface area (TPSA) is 656 Å². The fourth-order valence-electron chi connectivity index (χ4n) is 5.25. The highest BCUT2D eigenvalue weighted by molar-refractivity contribution is 7.71. The number of nitrogens with zero attached hydrogens (tertiary/aromatic N) is 8. The molecule has 0 aliphatic carbocycles. The quantitative estimate of drug-likeness (QED) is 0.0567. The first-order valence-electron chi connectivity index (χ1n) is 15.1. The first-order chi connectivity index (χ1) is 26.4. The molecule has 0 spiro atoms. The summed E-state index contributed by atoms with van der Waals surface area (Å²) in [5.41, 5.74) is 11.7. The van der Waals surface area contributed by atoms with Crippen LogP contribution >= 0.6 is 39.1 Å². The Hall–Kier alpha value is -3.03.